The Bertz CT molecular complexity index is 1010. The number of nitrogens with one attached hydrogen (secondary N) is 2. The zero-order valence-electron chi connectivity index (χ0n) is 15.3. The van der Waals surface area contributed by atoms with Crippen LogP contribution in [0.5, 0.6) is 11.5 Å². The average molecular weight is 441 g/mol. The lowest BCUT2D eigenvalue weighted by atomic mass is 10.3. The molecule has 10 nitrogen and oxygen atoms in total. The van der Waals surface area contributed by atoms with E-state index in [2.05, 4.69) is 15.0 Å². The van der Waals surface area contributed by atoms with Crippen molar-refractivity contribution in [1.82, 2.24) is 9.71 Å². The molecule has 1 aliphatic heterocycles. The summed E-state index contributed by atoms with van der Waals surface area (Å²) in [5.74, 6) is -0.0534. The van der Waals surface area contributed by atoms with Crippen LogP contribution < -0.4 is 25.2 Å². The van der Waals surface area contributed by atoms with Gasteiger partial charge in [-0.1, -0.05) is 0 Å². The molecular formula is C17H20N4O6S2. The second-order valence-corrected chi connectivity index (χ2v) is 8.77. The van der Waals surface area contributed by atoms with Crippen molar-refractivity contribution in [2.75, 3.05) is 25.1 Å². The van der Waals surface area contributed by atoms with Crippen LogP contribution in [0.4, 0.5) is 5.13 Å². The lowest BCUT2D eigenvalue weighted by Crippen LogP contribution is -2.27. The highest BCUT2D eigenvalue weighted by Gasteiger charge is 2.19. The van der Waals surface area contributed by atoms with Gasteiger partial charge in [-0.3, -0.25) is 9.59 Å². The molecule has 0 fully saturated rings. The van der Waals surface area contributed by atoms with E-state index >= 15 is 0 Å². The molecule has 0 spiro atoms. The predicted molar refractivity (Wildman–Crippen MR) is 105 cm³/mol. The SMILES string of the molecule is NC(=O)Cc1csc(NC(=O)CCNS(=O)(=O)c2ccc3c(c2)OCCCO3)n1. The van der Waals surface area contributed by atoms with Crippen molar-refractivity contribution in [3.63, 3.8) is 0 Å². The van der Waals surface area contributed by atoms with Crippen molar-refractivity contribution in [3.8, 4) is 11.5 Å². The average Bonchev–Trinajstić information content (AvgIpc) is 2.94. The molecule has 0 bridgehead atoms. The summed E-state index contributed by atoms with van der Waals surface area (Å²) in [4.78, 5) is 26.9. The number of hydrogen-bond donors (Lipinski definition) is 3. The number of fused-ring (bicyclic) bond motifs is 1. The molecule has 0 saturated carbocycles. The predicted octanol–water partition coefficient (Wildman–Crippen LogP) is 0.639. The van der Waals surface area contributed by atoms with E-state index in [4.69, 9.17) is 15.2 Å². The molecule has 0 aliphatic carbocycles. The Hall–Kier alpha value is -2.70. The molecule has 0 radical (unpaired) electrons. The number of nitrogens with zero attached hydrogens (tertiary/aromatic N) is 1. The second kappa shape index (κ2) is 9.20. The van der Waals surface area contributed by atoms with Crippen molar-refractivity contribution in [1.29, 1.82) is 0 Å². The van der Waals surface area contributed by atoms with Crippen LogP contribution in [0.25, 0.3) is 0 Å². The highest BCUT2D eigenvalue weighted by Crippen LogP contribution is 2.31. The first kappa shape index (κ1) is 21.0. The lowest BCUT2D eigenvalue weighted by Gasteiger charge is -2.10. The Labute approximate surface area is 171 Å². The summed E-state index contributed by atoms with van der Waals surface area (Å²) in [6.45, 7) is 0.861. The number of nitrogens with two attached hydrogens (primary N) is 1. The number of aromatic nitrogens is 1. The Balaban J connectivity index is 1.52. The van der Waals surface area contributed by atoms with Gasteiger partial charge in [-0.25, -0.2) is 18.1 Å². The molecule has 0 saturated heterocycles. The first-order valence-electron chi connectivity index (χ1n) is 8.75. The van der Waals surface area contributed by atoms with E-state index < -0.39 is 21.8 Å². The molecule has 4 N–H and O–H groups in total. The van der Waals surface area contributed by atoms with E-state index in [1.54, 1.807) is 11.4 Å². The van der Waals surface area contributed by atoms with Crippen LogP contribution in [0, 0.1) is 0 Å². The number of carbonyl (C=O) groups is 2. The minimum atomic E-state index is -3.81. The fraction of sp³-hybridized carbons (Fsp3) is 0.353. The highest BCUT2D eigenvalue weighted by molar-refractivity contribution is 7.89. The molecule has 2 aromatic rings. The molecule has 1 aliphatic rings. The number of ether oxygens (including phenoxy) is 2. The van der Waals surface area contributed by atoms with Gasteiger partial charge in [0.1, 0.15) is 0 Å². The fourth-order valence-electron chi connectivity index (χ4n) is 2.50. The number of rotatable bonds is 8. The van der Waals surface area contributed by atoms with Gasteiger partial charge in [-0.15, -0.1) is 11.3 Å². The number of anilines is 1. The first-order chi connectivity index (χ1) is 13.8. The first-order valence-corrected chi connectivity index (χ1v) is 11.1. The number of amides is 2. The van der Waals surface area contributed by atoms with E-state index in [0.29, 0.717) is 42.0 Å². The summed E-state index contributed by atoms with van der Waals surface area (Å²) in [7, 11) is -3.81. The van der Waals surface area contributed by atoms with Crippen LogP contribution in [-0.2, 0) is 26.0 Å². The maximum atomic E-state index is 12.5. The smallest absolute Gasteiger partial charge is 0.240 e. The van der Waals surface area contributed by atoms with Gasteiger partial charge < -0.3 is 20.5 Å². The molecule has 0 atom stereocenters. The van der Waals surface area contributed by atoms with Crippen molar-refractivity contribution in [3.05, 3.63) is 29.3 Å². The Morgan fingerprint density at radius 3 is 2.72 bits per heavy atom. The molecule has 3 rings (SSSR count). The van der Waals surface area contributed by atoms with Crippen molar-refractivity contribution in [2.45, 2.75) is 24.2 Å². The summed E-state index contributed by atoms with van der Waals surface area (Å²) in [6.07, 6.45) is 0.615. The monoisotopic (exact) mass is 440 g/mol. The Morgan fingerprint density at radius 1 is 1.21 bits per heavy atom. The fourth-order valence-corrected chi connectivity index (χ4v) is 4.27. The normalized spacial score (nSPS) is 13.5. The molecule has 0 unspecified atom stereocenters. The zero-order valence-corrected chi connectivity index (χ0v) is 17.0. The van der Waals surface area contributed by atoms with Crippen LogP contribution in [0.2, 0.25) is 0 Å². The summed E-state index contributed by atoms with van der Waals surface area (Å²) >= 11 is 1.16. The summed E-state index contributed by atoms with van der Waals surface area (Å²) in [6, 6.07) is 4.37. The summed E-state index contributed by atoms with van der Waals surface area (Å²) in [5.41, 5.74) is 5.56. The van der Waals surface area contributed by atoms with E-state index in [0.717, 1.165) is 11.3 Å². The molecule has 29 heavy (non-hydrogen) atoms. The summed E-state index contributed by atoms with van der Waals surface area (Å²) < 4.78 is 38.3. The Kier molecular flexibility index (Phi) is 6.67. The topological polar surface area (TPSA) is 150 Å². The van der Waals surface area contributed by atoms with Gasteiger partial charge >= 0.3 is 0 Å². The van der Waals surface area contributed by atoms with Gasteiger partial charge in [-0.2, -0.15) is 0 Å². The molecule has 2 heterocycles. The minimum Gasteiger partial charge on any atom is -0.490 e. The molecule has 1 aromatic carbocycles. The Morgan fingerprint density at radius 2 is 1.97 bits per heavy atom. The van der Waals surface area contributed by atoms with Gasteiger partial charge in [0.05, 0.1) is 30.2 Å². The van der Waals surface area contributed by atoms with Crippen molar-refractivity contribution < 1.29 is 27.5 Å². The molecular weight excluding hydrogens is 420 g/mol. The third-order valence-corrected chi connectivity index (χ3v) is 6.09. The van der Waals surface area contributed by atoms with Gasteiger partial charge in [-0.05, 0) is 12.1 Å². The number of hydrogen-bond acceptors (Lipinski definition) is 8. The van der Waals surface area contributed by atoms with E-state index in [1.807, 2.05) is 0 Å². The number of thiazole rings is 1. The largest absolute Gasteiger partial charge is 0.490 e. The highest BCUT2D eigenvalue weighted by atomic mass is 32.2. The maximum Gasteiger partial charge on any atom is 0.240 e. The van der Waals surface area contributed by atoms with Gasteiger partial charge in [0.2, 0.25) is 21.8 Å². The molecule has 1 aromatic heterocycles. The molecule has 2 amide bonds. The van der Waals surface area contributed by atoms with Gasteiger partial charge in [0.15, 0.2) is 16.6 Å². The lowest BCUT2D eigenvalue weighted by molar-refractivity contribution is -0.117. The maximum absolute atomic E-state index is 12.5. The number of sulfonamides is 1. The quantitative estimate of drug-likeness (QED) is 0.545. The third-order valence-electron chi connectivity index (χ3n) is 3.83. The zero-order chi connectivity index (χ0) is 20.9. The standard InChI is InChI=1S/C17H20N4O6S2/c18-15(22)8-11-10-28-17(20-11)21-16(23)4-5-19-29(24,25)12-2-3-13-14(9-12)27-7-1-6-26-13/h2-3,9-10,19H,1,4-8H2,(H2,18,22)(H,20,21,23). The minimum absolute atomic E-state index is 0.0122. The van der Waals surface area contributed by atoms with Crippen LogP contribution >= 0.6 is 11.3 Å². The van der Waals surface area contributed by atoms with E-state index in [-0.39, 0.29) is 24.3 Å². The molecule has 156 valence electrons. The van der Waals surface area contributed by atoms with Gasteiger partial charge in [0, 0.05) is 30.8 Å². The number of carbonyl (C=O) groups excluding carboxylic acids is 2. The van der Waals surface area contributed by atoms with Crippen molar-refractivity contribution in [2.24, 2.45) is 5.73 Å². The molecule has 12 heteroatoms. The summed E-state index contributed by atoms with van der Waals surface area (Å²) in [5, 5.41) is 4.49. The van der Waals surface area contributed by atoms with Crippen LogP contribution in [-0.4, -0.2) is 45.0 Å². The second-order valence-electron chi connectivity index (χ2n) is 6.14. The van der Waals surface area contributed by atoms with Crippen LogP contribution in [0.3, 0.4) is 0 Å². The van der Waals surface area contributed by atoms with E-state index in [9.17, 15) is 18.0 Å². The number of benzene rings is 1. The van der Waals surface area contributed by atoms with Crippen LogP contribution in [0.1, 0.15) is 18.5 Å². The number of primary amides is 1. The van der Waals surface area contributed by atoms with Gasteiger partial charge in [0.25, 0.3) is 0 Å². The van der Waals surface area contributed by atoms with E-state index in [1.165, 1.54) is 12.1 Å². The third kappa shape index (κ3) is 5.89. The van der Waals surface area contributed by atoms with Crippen LogP contribution in [0.15, 0.2) is 28.5 Å². The van der Waals surface area contributed by atoms with Crippen molar-refractivity contribution >= 4 is 38.3 Å².